The zero-order valence-electron chi connectivity index (χ0n) is 5.96. The lowest BCUT2D eigenvalue weighted by molar-refractivity contribution is -0.0825. The SMILES string of the molecule is Cl.N[C@H]1CCC(F)(F)C[C@@H]1O. The van der Waals surface area contributed by atoms with Gasteiger partial charge in [0.2, 0.25) is 0 Å². The van der Waals surface area contributed by atoms with Gasteiger partial charge in [0.05, 0.1) is 6.10 Å². The highest BCUT2D eigenvalue weighted by Crippen LogP contribution is 2.32. The van der Waals surface area contributed by atoms with Crippen molar-refractivity contribution in [3.8, 4) is 0 Å². The van der Waals surface area contributed by atoms with E-state index in [-0.39, 0.29) is 25.2 Å². The molecule has 1 rings (SSSR count). The zero-order chi connectivity index (χ0) is 7.78. The molecule has 0 saturated heterocycles. The lowest BCUT2D eigenvalue weighted by Crippen LogP contribution is -2.44. The second kappa shape index (κ2) is 3.65. The Morgan fingerprint density at radius 2 is 2.00 bits per heavy atom. The van der Waals surface area contributed by atoms with Gasteiger partial charge in [-0.05, 0) is 6.42 Å². The standard InChI is InChI=1S/C6H11F2NO.ClH/c7-6(8)2-1-4(9)5(10)3-6;/h4-5,10H,1-3,9H2;1H/t4-,5-;/m0./s1. The fourth-order valence-electron chi connectivity index (χ4n) is 1.13. The van der Waals surface area contributed by atoms with Crippen LogP contribution in [0.15, 0.2) is 0 Å². The molecule has 0 amide bonds. The molecule has 1 saturated carbocycles. The first-order chi connectivity index (χ1) is 4.51. The molecular formula is C6H12ClF2NO. The zero-order valence-corrected chi connectivity index (χ0v) is 6.78. The topological polar surface area (TPSA) is 46.2 Å². The Morgan fingerprint density at radius 1 is 1.45 bits per heavy atom. The first-order valence-electron chi connectivity index (χ1n) is 3.33. The van der Waals surface area contributed by atoms with E-state index >= 15 is 0 Å². The van der Waals surface area contributed by atoms with Crippen molar-refractivity contribution in [1.29, 1.82) is 0 Å². The molecule has 0 unspecified atom stereocenters. The van der Waals surface area contributed by atoms with Crippen molar-refractivity contribution in [2.24, 2.45) is 5.73 Å². The Balaban J connectivity index is 0.000001000. The molecule has 0 radical (unpaired) electrons. The van der Waals surface area contributed by atoms with Crippen molar-refractivity contribution in [3.63, 3.8) is 0 Å². The summed E-state index contributed by atoms with van der Waals surface area (Å²) in [5.41, 5.74) is 5.32. The smallest absolute Gasteiger partial charge is 0.250 e. The van der Waals surface area contributed by atoms with Crippen LogP contribution < -0.4 is 5.73 Å². The van der Waals surface area contributed by atoms with Crippen LogP contribution >= 0.6 is 12.4 Å². The monoisotopic (exact) mass is 187 g/mol. The van der Waals surface area contributed by atoms with Crippen LogP contribution in [-0.4, -0.2) is 23.2 Å². The number of halogens is 3. The van der Waals surface area contributed by atoms with Crippen molar-refractivity contribution in [2.45, 2.75) is 37.3 Å². The van der Waals surface area contributed by atoms with Gasteiger partial charge in [0, 0.05) is 18.9 Å². The molecule has 11 heavy (non-hydrogen) atoms. The van der Waals surface area contributed by atoms with Gasteiger partial charge in [0.15, 0.2) is 0 Å². The molecule has 0 aromatic carbocycles. The molecule has 1 fully saturated rings. The van der Waals surface area contributed by atoms with Crippen LogP contribution in [-0.2, 0) is 0 Å². The normalized spacial score (nSPS) is 36.0. The Labute approximate surface area is 70.2 Å². The van der Waals surface area contributed by atoms with E-state index in [4.69, 9.17) is 10.8 Å². The summed E-state index contributed by atoms with van der Waals surface area (Å²) in [4.78, 5) is 0. The van der Waals surface area contributed by atoms with E-state index in [2.05, 4.69) is 0 Å². The van der Waals surface area contributed by atoms with E-state index in [1.165, 1.54) is 0 Å². The van der Waals surface area contributed by atoms with Gasteiger partial charge in [-0.1, -0.05) is 0 Å². The summed E-state index contributed by atoms with van der Waals surface area (Å²) in [6.07, 6.45) is -1.48. The lowest BCUT2D eigenvalue weighted by Gasteiger charge is -2.30. The summed E-state index contributed by atoms with van der Waals surface area (Å²) >= 11 is 0. The highest BCUT2D eigenvalue weighted by molar-refractivity contribution is 5.85. The van der Waals surface area contributed by atoms with Crippen molar-refractivity contribution in [2.75, 3.05) is 0 Å². The molecule has 1 aliphatic carbocycles. The summed E-state index contributed by atoms with van der Waals surface area (Å²) in [6.45, 7) is 0. The second-order valence-corrected chi connectivity index (χ2v) is 2.83. The van der Waals surface area contributed by atoms with Crippen LogP contribution in [0.4, 0.5) is 8.78 Å². The molecule has 2 nitrogen and oxygen atoms in total. The van der Waals surface area contributed by atoms with Crippen LogP contribution in [0.1, 0.15) is 19.3 Å². The number of aliphatic hydroxyl groups excluding tert-OH is 1. The average molecular weight is 188 g/mol. The first kappa shape index (κ1) is 11.1. The molecule has 2 atom stereocenters. The van der Waals surface area contributed by atoms with E-state index in [0.29, 0.717) is 0 Å². The number of hydrogen-bond acceptors (Lipinski definition) is 2. The summed E-state index contributed by atoms with van der Waals surface area (Å²) < 4.78 is 24.8. The number of alkyl halides is 2. The quantitative estimate of drug-likeness (QED) is 0.593. The Hall–Kier alpha value is 0.0700. The van der Waals surface area contributed by atoms with E-state index in [9.17, 15) is 8.78 Å². The maximum absolute atomic E-state index is 12.4. The largest absolute Gasteiger partial charge is 0.391 e. The van der Waals surface area contributed by atoms with Gasteiger partial charge in [-0.2, -0.15) is 0 Å². The van der Waals surface area contributed by atoms with E-state index < -0.39 is 24.5 Å². The molecule has 0 aromatic rings. The maximum Gasteiger partial charge on any atom is 0.250 e. The van der Waals surface area contributed by atoms with Crippen LogP contribution in [0.3, 0.4) is 0 Å². The Bertz CT molecular complexity index is 134. The van der Waals surface area contributed by atoms with Gasteiger partial charge in [-0.3, -0.25) is 0 Å². The third-order valence-electron chi connectivity index (χ3n) is 1.85. The van der Waals surface area contributed by atoms with Gasteiger partial charge in [-0.15, -0.1) is 12.4 Å². The van der Waals surface area contributed by atoms with Crippen LogP contribution in [0.25, 0.3) is 0 Å². The Kier molecular flexibility index (Phi) is 3.67. The first-order valence-corrected chi connectivity index (χ1v) is 3.33. The average Bonchev–Trinajstić information content (AvgIpc) is 1.79. The highest BCUT2D eigenvalue weighted by Gasteiger charge is 2.39. The van der Waals surface area contributed by atoms with Crippen LogP contribution in [0.5, 0.6) is 0 Å². The van der Waals surface area contributed by atoms with E-state index in [1.807, 2.05) is 0 Å². The fourth-order valence-corrected chi connectivity index (χ4v) is 1.13. The highest BCUT2D eigenvalue weighted by atomic mass is 35.5. The van der Waals surface area contributed by atoms with Crippen molar-refractivity contribution < 1.29 is 13.9 Å². The molecule has 0 heterocycles. The van der Waals surface area contributed by atoms with Gasteiger partial charge in [-0.25, -0.2) is 8.78 Å². The predicted molar refractivity (Wildman–Crippen MR) is 40.0 cm³/mol. The summed E-state index contributed by atoms with van der Waals surface area (Å²) in [5.74, 6) is -2.70. The van der Waals surface area contributed by atoms with Crippen molar-refractivity contribution >= 4 is 12.4 Å². The van der Waals surface area contributed by atoms with Crippen molar-refractivity contribution in [3.05, 3.63) is 0 Å². The molecule has 5 heteroatoms. The third-order valence-corrected chi connectivity index (χ3v) is 1.85. The minimum Gasteiger partial charge on any atom is -0.391 e. The predicted octanol–water partition coefficient (Wildman–Crippen LogP) is 0.916. The summed E-state index contributed by atoms with van der Waals surface area (Å²) in [6, 6.07) is -0.459. The molecule has 1 aliphatic rings. The lowest BCUT2D eigenvalue weighted by atomic mass is 9.90. The number of rotatable bonds is 0. The minimum absolute atomic E-state index is 0. The number of hydrogen-bond donors (Lipinski definition) is 2. The minimum atomic E-state index is -2.70. The van der Waals surface area contributed by atoms with Crippen LogP contribution in [0, 0.1) is 0 Å². The van der Waals surface area contributed by atoms with Crippen LogP contribution in [0.2, 0.25) is 0 Å². The molecule has 3 N–H and O–H groups in total. The number of nitrogens with two attached hydrogens (primary N) is 1. The maximum atomic E-state index is 12.4. The molecule has 0 bridgehead atoms. The second-order valence-electron chi connectivity index (χ2n) is 2.83. The molecular weight excluding hydrogens is 176 g/mol. The molecule has 0 aromatic heterocycles. The molecule has 68 valence electrons. The Morgan fingerprint density at radius 3 is 2.36 bits per heavy atom. The van der Waals surface area contributed by atoms with Gasteiger partial charge in [0.1, 0.15) is 0 Å². The molecule has 0 aliphatic heterocycles. The van der Waals surface area contributed by atoms with E-state index in [1.54, 1.807) is 0 Å². The molecule has 0 spiro atoms. The van der Waals surface area contributed by atoms with Gasteiger partial charge < -0.3 is 10.8 Å². The van der Waals surface area contributed by atoms with Gasteiger partial charge in [0.25, 0.3) is 5.92 Å². The summed E-state index contributed by atoms with van der Waals surface area (Å²) in [5, 5.41) is 8.91. The fraction of sp³-hybridized carbons (Fsp3) is 1.00. The van der Waals surface area contributed by atoms with E-state index in [0.717, 1.165) is 0 Å². The van der Waals surface area contributed by atoms with Gasteiger partial charge >= 0.3 is 0 Å². The van der Waals surface area contributed by atoms with Crippen molar-refractivity contribution in [1.82, 2.24) is 0 Å². The number of aliphatic hydroxyl groups is 1. The third kappa shape index (κ3) is 2.89. The summed E-state index contributed by atoms with van der Waals surface area (Å²) in [7, 11) is 0.